The Kier molecular flexibility index (Phi) is 6.92. The highest BCUT2D eigenvalue weighted by atomic mass is 35.5. The standard InChI is InChI=1S/C18H21ClN2O5S/c1-4-26-15-8-6-14(7-9-15)20-18(22)12-21(27(3,23)24)16-11-13(19)5-10-17(16)25-2/h5-11H,4,12H2,1-3H3,(H,20,22). The summed E-state index contributed by atoms with van der Waals surface area (Å²) < 4.78 is 36.0. The number of sulfonamides is 1. The molecule has 0 saturated heterocycles. The highest BCUT2D eigenvalue weighted by Crippen LogP contribution is 2.32. The van der Waals surface area contributed by atoms with Crippen molar-refractivity contribution in [3.63, 3.8) is 0 Å². The van der Waals surface area contributed by atoms with E-state index in [4.69, 9.17) is 21.1 Å². The fraction of sp³-hybridized carbons (Fsp3) is 0.278. The minimum Gasteiger partial charge on any atom is -0.495 e. The van der Waals surface area contributed by atoms with Crippen LogP contribution in [0.25, 0.3) is 0 Å². The molecule has 2 aromatic carbocycles. The molecule has 0 bridgehead atoms. The molecule has 9 heteroatoms. The Morgan fingerprint density at radius 2 is 1.85 bits per heavy atom. The lowest BCUT2D eigenvalue weighted by molar-refractivity contribution is -0.114. The molecule has 2 rings (SSSR count). The lowest BCUT2D eigenvalue weighted by Crippen LogP contribution is -2.37. The number of rotatable bonds is 8. The van der Waals surface area contributed by atoms with Crippen molar-refractivity contribution in [2.24, 2.45) is 0 Å². The van der Waals surface area contributed by atoms with E-state index in [9.17, 15) is 13.2 Å². The molecule has 0 heterocycles. The number of methoxy groups -OCH3 is 1. The number of nitrogens with zero attached hydrogens (tertiary/aromatic N) is 1. The number of amides is 1. The Morgan fingerprint density at radius 1 is 1.19 bits per heavy atom. The summed E-state index contributed by atoms with van der Waals surface area (Å²) in [6.45, 7) is 1.98. The van der Waals surface area contributed by atoms with Crippen LogP contribution in [0.1, 0.15) is 6.92 Å². The summed E-state index contributed by atoms with van der Waals surface area (Å²) in [5.41, 5.74) is 0.712. The quantitative estimate of drug-likeness (QED) is 0.719. The number of carbonyl (C=O) groups excluding carboxylic acids is 1. The van der Waals surface area contributed by atoms with E-state index in [1.54, 1.807) is 36.4 Å². The Hall–Kier alpha value is -2.45. The number of nitrogens with one attached hydrogen (secondary N) is 1. The maximum atomic E-state index is 12.4. The van der Waals surface area contributed by atoms with E-state index in [-0.39, 0.29) is 5.69 Å². The third-order valence-electron chi connectivity index (χ3n) is 3.55. The minimum absolute atomic E-state index is 0.189. The molecular weight excluding hydrogens is 392 g/mol. The number of ether oxygens (including phenoxy) is 2. The Bertz CT molecular complexity index is 900. The summed E-state index contributed by atoms with van der Waals surface area (Å²) >= 11 is 5.99. The van der Waals surface area contributed by atoms with E-state index < -0.39 is 22.5 Å². The summed E-state index contributed by atoms with van der Waals surface area (Å²) in [6.07, 6.45) is 1.01. The molecule has 1 N–H and O–H groups in total. The number of carbonyl (C=O) groups is 1. The van der Waals surface area contributed by atoms with Crippen molar-refractivity contribution in [3.05, 3.63) is 47.5 Å². The van der Waals surface area contributed by atoms with Gasteiger partial charge in [0, 0.05) is 10.7 Å². The van der Waals surface area contributed by atoms with Crippen LogP contribution < -0.4 is 19.1 Å². The van der Waals surface area contributed by atoms with Gasteiger partial charge >= 0.3 is 0 Å². The van der Waals surface area contributed by atoms with Crippen LogP contribution in [0.2, 0.25) is 5.02 Å². The number of hydrogen-bond donors (Lipinski definition) is 1. The highest BCUT2D eigenvalue weighted by molar-refractivity contribution is 7.92. The number of benzene rings is 2. The fourth-order valence-electron chi connectivity index (χ4n) is 2.37. The van der Waals surface area contributed by atoms with Gasteiger partial charge in [0.2, 0.25) is 15.9 Å². The second-order valence-corrected chi connectivity index (χ2v) is 7.93. The van der Waals surface area contributed by atoms with Gasteiger partial charge in [0.05, 0.1) is 25.7 Å². The van der Waals surface area contributed by atoms with Gasteiger partial charge in [0.25, 0.3) is 0 Å². The molecule has 0 unspecified atom stereocenters. The molecule has 0 aliphatic carbocycles. The van der Waals surface area contributed by atoms with Crippen molar-refractivity contribution >= 4 is 38.9 Å². The first kappa shape index (κ1) is 20.9. The average molecular weight is 413 g/mol. The van der Waals surface area contributed by atoms with Gasteiger partial charge in [-0.25, -0.2) is 8.42 Å². The molecule has 27 heavy (non-hydrogen) atoms. The molecule has 0 spiro atoms. The number of hydrogen-bond acceptors (Lipinski definition) is 5. The topological polar surface area (TPSA) is 84.9 Å². The second-order valence-electron chi connectivity index (χ2n) is 5.59. The van der Waals surface area contributed by atoms with Gasteiger partial charge in [-0.2, -0.15) is 0 Å². The molecule has 0 radical (unpaired) electrons. The predicted octanol–water partition coefficient (Wildman–Crippen LogP) is 3.15. The third kappa shape index (κ3) is 5.77. The number of halogens is 1. The first-order chi connectivity index (χ1) is 12.7. The molecule has 2 aromatic rings. The van der Waals surface area contributed by atoms with E-state index in [0.717, 1.165) is 10.6 Å². The molecule has 0 atom stereocenters. The van der Waals surface area contributed by atoms with Crippen molar-refractivity contribution in [3.8, 4) is 11.5 Å². The van der Waals surface area contributed by atoms with Crippen molar-refractivity contribution in [2.45, 2.75) is 6.92 Å². The molecule has 0 fully saturated rings. The highest BCUT2D eigenvalue weighted by Gasteiger charge is 2.24. The van der Waals surface area contributed by atoms with Crippen molar-refractivity contribution < 1.29 is 22.7 Å². The molecule has 0 aromatic heterocycles. The number of anilines is 2. The first-order valence-corrected chi connectivity index (χ1v) is 10.3. The van der Waals surface area contributed by atoms with Crippen LogP contribution in [0.4, 0.5) is 11.4 Å². The predicted molar refractivity (Wildman–Crippen MR) is 106 cm³/mol. The van der Waals surface area contributed by atoms with Gasteiger partial charge in [-0.3, -0.25) is 9.10 Å². The second kappa shape index (κ2) is 8.96. The van der Waals surface area contributed by atoms with Crippen LogP contribution >= 0.6 is 11.6 Å². The normalized spacial score (nSPS) is 11.0. The molecule has 0 saturated carbocycles. The van der Waals surface area contributed by atoms with Crippen molar-refractivity contribution in [2.75, 3.05) is 36.1 Å². The molecule has 146 valence electrons. The van der Waals surface area contributed by atoms with Crippen LogP contribution in [0.15, 0.2) is 42.5 Å². The monoisotopic (exact) mass is 412 g/mol. The zero-order chi connectivity index (χ0) is 20.0. The molecule has 7 nitrogen and oxygen atoms in total. The van der Waals surface area contributed by atoms with Gasteiger partial charge in [0.15, 0.2) is 0 Å². The maximum absolute atomic E-state index is 12.4. The smallest absolute Gasteiger partial charge is 0.245 e. The van der Waals surface area contributed by atoms with Crippen LogP contribution in [-0.4, -0.2) is 40.8 Å². The largest absolute Gasteiger partial charge is 0.495 e. The minimum atomic E-state index is -3.75. The summed E-state index contributed by atoms with van der Waals surface area (Å²) in [6, 6.07) is 11.3. The van der Waals surface area contributed by atoms with E-state index in [0.29, 0.717) is 28.8 Å². The van der Waals surface area contributed by atoms with E-state index in [2.05, 4.69) is 5.32 Å². The van der Waals surface area contributed by atoms with Gasteiger partial charge in [-0.15, -0.1) is 0 Å². The van der Waals surface area contributed by atoms with Gasteiger partial charge < -0.3 is 14.8 Å². The molecule has 0 aliphatic heterocycles. The Morgan fingerprint density at radius 3 is 2.41 bits per heavy atom. The molecule has 0 aliphatic rings. The zero-order valence-electron chi connectivity index (χ0n) is 15.2. The lowest BCUT2D eigenvalue weighted by Gasteiger charge is -2.24. The SMILES string of the molecule is CCOc1ccc(NC(=O)CN(c2cc(Cl)ccc2OC)S(C)(=O)=O)cc1. The summed E-state index contributed by atoms with van der Waals surface area (Å²) in [7, 11) is -2.34. The maximum Gasteiger partial charge on any atom is 0.245 e. The third-order valence-corrected chi connectivity index (χ3v) is 4.91. The van der Waals surface area contributed by atoms with E-state index in [1.807, 2.05) is 6.92 Å². The lowest BCUT2D eigenvalue weighted by atomic mass is 10.3. The Labute approximate surface area is 163 Å². The van der Waals surface area contributed by atoms with Crippen molar-refractivity contribution in [1.29, 1.82) is 0 Å². The first-order valence-electron chi connectivity index (χ1n) is 8.08. The van der Waals surface area contributed by atoms with Crippen LogP contribution in [0.5, 0.6) is 11.5 Å². The molecular formula is C18H21ClN2O5S. The average Bonchev–Trinajstić information content (AvgIpc) is 2.60. The van der Waals surface area contributed by atoms with Gasteiger partial charge in [-0.1, -0.05) is 11.6 Å². The summed E-state index contributed by atoms with van der Waals surface area (Å²) in [5, 5.41) is 2.99. The van der Waals surface area contributed by atoms with Crippen molar-refractivity contribution in [1.82, 2.24) is 0 Å². The zero-order valence-corrected chi connectivity index (χ0v) is 16.8. The summed E-state index contributed by atoms with van der Waals surface area (Å²) in [5.74, 6) is 0.460. The van der Waals surface area contributed by atoms with Crippen LogP contribution in [0.3, 0.4) is 0 Å². The van der Waals surface area contributed by atoms with Crippen LogP contribution in [-0.2, 0) is 14.8 Å². The van der Waals surface area contributed by atoms with Gasteiger partial charge in [0.1, 0.15) is 18.0 Å². The molecule has 1 amide bonds. The fourth-order valence-corrected chi connectivity index (χ4v) is 3.39. The Balaban J connectivity index is 2.22. The van der Waals surface area contributed by atoms with E-state index >= 15 is 0 Å². The van der Waals surface area contributed by atoms with Gasteiger partial charge in [-0.05, 0) is 49.4 Å². The van der Waals surface area contributed by atoms with Crippen LogP contribution in [0, 0.1) is 0 Å². The van der Waals surface area contributed by atoms with E-state index in [1.165, 1.54) is 13.2 Å². The summed E-state index contributed by atoms with van der Waals surface area (Å²) in [4.78, 5) is 12.4.